The summed E-state index contributed by atoms with van der Waals surface area (Å²) in [6.45, 7) is 2.94. The third-order valence-electron chi connectivity index (χ3n) is 3.41. The monoisotopic (exact) mass is 326 g/mol. The first-order valence-corrected chi connectivity index (χ1v) is 9.14. The summed E-state index contributed by atoms with van der Waals surface area (Å²) in [6, 6.07) is 2.36. The second-order valence-corrected chi connectivity index (χ2v) is 8.39. The molecule has 21 heavy (non-hydrogen) atoms. The van der Waals surface area contributed by atoms with E-state index in [1.165, 1.54) is 24.2 Å². The SMILES string of the molecule is Cc1cc(S(=O)(=O)NCc2cn[nH]c2)sc1CNC1CC1. The van der Waals surface area contributed by atoms with E-state index in [0.717, 1.165) is 22.5 Å². The summed E-state index contributed by atoms with van der Waals surface area (Å²) in [4.78, 5) is 1.09. The molecule has 114 valence electrons. The zero-order valence-electron chi connectivity index (χ0n) is 11.7. The van der Waals surface area contributed by atoms with E-state index in [4.69, 9.17) is 0 Å². The highest BCUT2D eigenvalue weighted by Gasteiger charge is 2.22. The van der Waals surface area contributed by atoms with E-state index in [0.29, 0.717) is 10.3 Å². The summed E-state index contributed by atoms with van der Waals surface area (Å²) in [5, 5.41) is 9.87. The second kappa shape index (κ2) is 5.88. The summed E-state index contributed by atoms with van der Waals surface area (Å²) in [6.07, 6.45) is 5.73. The molecule has 0 saturated heterocycles. The van der Waals surface area contributed by atoms with Crippen molar-refractivity contribution in [2.45, 2.75) is 43.1 Å². The number of sulfonamides is 1. The zero-order valence-corrected chi connectivity index (χ0v) is 13.4. The van der Waals surface area contributed by atoms with E-state index in [1.807, 2.05) is 6.92 Å². The standard InChI is InChI=1S/C13H18N4O2S2/c1-9-4-13(20-12(9)8-14-11-2-3-11)21(18,19)17-7-10-5-15-16-6-10/h4-6,11,14,17H,2-3,7-8H2,1H3,(H,15,16). The number of rotatable bonds is 7. The molecule has 0 atom stereocenters. The molecule has 0 aromatic carbocycles. The Labute approximate surface area is 128 Å². The molecule has 2 aromatic rings. The summed E-state index contributed by atoms with van der Waals surface area (Å²) < 4.78 is 27.6. The maximum Gasteiger partial charge on any atom is 0.250 e. The van der Waals surface area contributed by atoms with Crippen molar-refractivity contribution in [2.24, 2.45) is 0 Å². The Morgan fingerprint density at radius 2 is 2.24 bits per heavy atom. The smallest absolute Gasteiger partial charge is 0.250 e. The van der Waals surface area contributed by atoms with Crippen LogP contribution in [0.5, 0.6) is 0 Å². The third kappa shape index (κ3) is 3.70. The molecule has 0 unspecified atom stereocenters. The van der Waals surface area contributed by atoms with Gasteiger partial charge in [0.05, 0.1) is 6.20 Å². The molecule has 8 heteroatoms. The minimum atomic E-state index is -3.46. The highest BCUT2D eigenvalue weighted by molar-refractivity contribution is 7.91. The van der Waals surface area contributed by atoms with Crippen LogP contribution in [0.2, 0.25) is 0 Å². The van der Waals surface area contributed by atoms with Gasteiger partial charge >= 0.3 is 0 Å². The molecular weight excluding hydrogens is 308 g/mol. The van der Waals surface area contributed by atoms with E-state index in [9.17, 15) is 8.42 Å². The van der Waals surface area contributed by atoms with Crippen molar-refractivity contribution in [3.63, 3.8) is 0 Å². The van der Waals surface area contributed by atoms with Crippen LogP contribution >= 0.6 is 11.3 Å². The Morgan fingerprint density at radius 3 is 2.90 bits per heavy atom. The number of aryl methyl sites for hydroxylation is 1. The molecule has 3 rings (SSSR count). The normalized spacial score (nSPS) is 15.5. The van der Waals surface area contributed by atoms with Crippen LogP contribution in [0.1, 0.15) is 28.8 Å². The van der Waals surface area contributed by atoms with Gasteiger partial charge in [-0.3, -0.25) is 5.10 Å². The molecule has 3 N–H and O–H groups in total. The summed E-state index contributed by atoms with van der Waals surface area (Å²) >= 11 is 1.34. The maximum atomic E-state index is 12.3. The number of nitrogens with zero attached hydrogens (tertiary/aromatic N) is 1. The van der Waals surface area contributed by atoms with Crippen molar-refractivity contribution < 1.29 is 8.42 Å². The predicted octanol–water partition coefficient (Wildman–Crippen LogP) is 1.51. The van der Waals surface area contributed by atoms with Crippen LogP contribution < -0.4 is 10.0 Å². The number of thiophene rings is 1. The van der Waals surface area contributed by atoms with Crippen LogP contribution in [0.4, 0.5) is 0 Å². The van der Waals surface area contributed by atoms with Crippen LogP contribution in [-0.2, 0) is 23.1 Å². The lowest BCUT2D eigenvalue weighted by molar-refractivity contribution is 0.583. The fourth-order valence-electron chi connectivity index (χ4n) is 1.94. The Kier molecular flexibility index (Phi) is 4.12. The van der Waals surface area contributed by atoms with Crippen molar-refractivity contribution in [1.29, 1.82) is 0 Å². The molecule has 1 aliphatic carbocycles. The van der Waals surface area contributed by atoms with Crippen LogP contribution in [-0.4, -0.2) is 24.7 Å². The minimum Gasteiger partial charge on any atom is -0.309 e. The molecule has 2 aromatic heterocycles. The maximum absolute atomic E-state index is 12.3. The van der Waals surface area contributed by atoms with Crippen LogP contribution in [0.15, 0.2) is 22.7 Å². The fraction of sp³-hybridized carbons (Fsp3) is 0.462. The molecule has 2 heterocycles. The lowest BCUT2D eigenvalue weighted by Gasteiger charge is -2.02. The zero-order chi connectivity index (χ0) is 14.9. The van der Waals surface area contributed by atoms with Crippen molar-refractivity contribution in [2.75, 3.05) is 0 Å². The second-order valence-electron chi connectivity index (χ2n) is 5.26. The molecule has 0 spiro atoms. The van der Waals surface area contributed by atoms with Gasteiger partial charge < -0.3 is 5.32 Å². The number of hydrogen-bond acceptors (Lipinski definition) is 5. The van der Waals surface area contributed by atoms with E-state index in [1.54, 1.807) is 18.5 Å². The molecule has 1 fully saturated rings. The van der Waals surface area contributed by atoms with Gasteiger partial charge in [-0.1, -0.05) is 0 Å². The fourth-order valence-corrected chi connectivity index (χ4v) is 4.55. The van der Waals surface area contributed by atoms with Crippen LogP contribution in [0.25, 0.3) is 0 Å². The van der Waals surface area contributed by atoms with Crippen molar-refractivity contribution in [1.82, 2.24) is 20.2 Å². The number of aromatic amines is 1. The Hall–Kier alpha value is -1.22. The number of aromatic nitrogens is 2. The number of H-pyrrole nitrogens is 1. The van der Waals surface area contributed by atoms with Gasteiger partial charge in [0.1, 0.15) is 4.21 Å². The average Bonchev–Trinajstić information content (AvgIpc) is 2.98. The van der Waals surface area contributed by atoms with Crippen molar-refractivity contribution >= 4 is 21.4 Å². The molecule has 0 aliphatic heterocycles. The predicted molar refractivity (Wildman–Crippen MR) is 81.5 cm³/mol. The lowest BCUT2D eigenvalue weighted by Crippen LogP contribution is -2.22. The molecule has 1 aliphatic rings. The van der Waals surface area contributed by atoms with Gasteiger partial charge in [-0.05, 0) is 31.4 Å². The van der Waals surface area contributed by atoms with Crippen molar-refractivity contribution in [3.05, 3.63) is 34.5 Å². The van der Waals surface area contributed by atoms with Gasteiger partial charge in [-0.25, -0.2) is 13.1 Å². The van der Waals surface area contributed by atoms with E-state index in [2.05, 4.69) is 20.2 Å². The Balaban J connectivity index is 1.67. The van der Waals surface area contributed by atoms with Gasteiger partial charge in [-0.15, -0.1) is 11.3 Å². The van der Waals surface area contributed by atoms with Crippen LogP contribution in [0.3, 0.4) is 0 Å². The van der Waals surface area contributed by atoms with E-state index in [-0.39, 0.29) is 6.54 Å². The molecule has 1 saturated carbocycles. The minimum absolute atomic E-state index is 0.242. The molecule has 0 bridgehead atoms. The van der Waals surface area contributed by atoms with Gasteiger partial charge in [0.2, 0.25) is 10.0 Å². The largest absolute Gasteiger partial charge is 0.309 e. The first kappa shape index (κ1) is 14.7. The third-order valence-corrected chi connectivity index (χ3v) is 6.52. The molecule has 0 radical (unpaired) electrons. The first-order valence-electron chi connectivity index (χ1n) is 6.84. The summed E-state index contributed by atoms with van der Waals surface area (Å²) in [5.74, 6) is 0. The topological polar surface area (TPSA) is 86.9 Å². The Morgan fingerprint density at radius 1 is 1.43 bits per heavy atom. The van der Waals surface area contributed by atoms with E-state index >= 15 is 0 Å². The summed E-state index contributed by atoms with van der Waals surface area (Å²) in [5.41, 5.74) is 1.83. The quantitative estimate of drug-likeness (QED) is 0.720. The van der Waals surface area contributed by atoms with Gasteiger partial charge in [0.15, 0.2) is 0 Å². The number of hydrogen-bond donors (Lipinski definition) is 3. The highest BCUT2D eigenvalue weighted by atomic mass is 32.2. The lowest BCUT2D eigenvalue weighted by atomic mass is 10.3. The number of nitrogens with one attached hydrogen (secondary N) is 3. The molecule has 0 amide bonds. The van der Waals surface area contributed by atoms with Gasteiger partial charge in [0.25, 0.3) is 0 Å². The summed E-state index contributed by atoms with van der Waals surface area (Å²) in [7, 11) is -3.46. The van der Waals surface area contributed by atoms with Crippen LogP contribution in [0, 0.1) is 6.92 Å². The van der Waals surface area contributed by atoms with Gasteiger partial charge in [0, 0.05) is 35.8 Å². The van der Waals surface area contributed by atoms with Gasteiger partial charge in [-0.2, -0.15) is 5.10 Å². The molecule has 6 nitrogen and oxygen atoms in total. The van der Waals surface area contributed by atoms with Crippen molar-refractivity contribution in [3.8, 4) is 0 Å². The first-order chi connectivity index (χ1) is 10.0. The average molecular weight is 326 g/mol. The molecular formula is C13H18N4O2S2. The highest BCUT2D eigenvalue weighted by Crippen LogP contribution is 2.27. The van der Waals surface area contributed by atoms with E-state index < -0.39 is 10.0 Å². The Bertz CT molecular complexity index is 703.